The monoisotopic (exact) mass is 297 g/mol. The lowest BCUT2D eigenvalue weighted by molar-refractivity contribution is 0.104. The number of benzene rings is 3. The molecule has 0 atom stereocenters. The van der Waals surface area contributed by atoms with Crippen LogP contribution < -0.4 is 0 Å². The van der Waals surface area contributed by atoms with Crippen LogP contribution in [-0.2, 0) is 0 Å². The van der Waals surface area contributed by atoms with Gasteiger partial charge >= 0.3 is 0 Å². The van der Waals surface area contributed by atoms with Crippen molar-refractivity contribution in [2.24, 2.45) is 0 Å². The molecule has 0 aliphatic carbocycles. The van der Waals surface area contributed by atoms with Crippen LogP contribution in [0.25, 0.3) is 21.8 Å². The molecule has 0 fully saturated rings. The van der Waals surface area contributed by atoms with E-state index in [0.29, 0.717) is 11.1 Å². The highest BCUT2D eigenvalue weighted by Crippen LogP contribution is 2.25. The van der Waals surface area contributed by atoms with Gasteiger partial charge in [-0.25, -0.2) is 4.98 Å². The van der Waals surface area contributed by atoms with E-state index < -0.39 is 0 Å². The van der Waals surface area contributed by atoms with E-state index in [9.17, 15) is 4.79 Å². The number of carbonyl (C=O) groups is 1. The third kappa shape index (κ3) is 2.29. The molecule has 0 aliphatic rings. The van der Waals surface area contributed by atoms with Crippen molar-refractivity contribution in [3.63, 3.8) is 0 Å². The van der Waals surface area contributed by atoms with Crippen molar-refractivity contribution in [1.82, 2.24) is 4.98 Å². The normalized spacial score (nSPS) is 11.0. The summed E-state index contributed by atoms with van der Waals surface area (Å²) >= 11 is 0. The van der Waals surface area contributed by atoms with Crippen molar-refractivity contribution < 1.29 is 4.79 Å². The molecule has 4 aromatic rings. The van der Waals surface area contributed by atoms with Crippen LogP contribution in [0.15, 0.2) is 72.8 Å². The van der Waals surface area contributed by atoms with Gasteiger partial charge in [0.2, 0.25) is 0 Å². The highest BCUT2D eigenvalue weighted by molar-refractivity contribution is 6.16. The fraction of sp³-hybridized carbons (Fsp3) is 0.0476. The Labute approximate surface area is 134 Å². The molecule has 2 heteroatoms. The van der Waals surface area contributed by atoms with E-state index in [1.807, 2.05) is 60.7 Å². The van der Waals surface area contributed by atoms with Crippen molar-refractivity contribution in [1.29, 1.82) is 0 Å². The van der Waals surface area contributed by atoms with E-state index in [4.69, 9.17) is 4.98 Å². The van der Waals surface area contributed by atoms with Gasteiger partial charge in [-0.05, 0) is 30.7 Å². The second kappa shape index (κ2) is 5.33. The van der Waals surface area contributed by atoms with Crippen molar-refractivity contribution in [2.45, 2.75) is 6.92 Å². The van der Waals surface area contributed by atoms with Gasteiger partial charge in [-0.2, -0.15) is 0 Å². The van der Waals surface area contributed by atoms with Gasteiger partial charge in [0.1, 0.15) is 0 Å². The summed E-state index contributed by atoms with van der Waals surface area (Å²) < 4.78 is 0. The van der Waals surface area contributed by atoms with Gasteiger partial charge in [0.05, 0.1) is 11.0 Å². The van der Waals surface area contributed by atoms with Crippen molar-refractivity contribution in [3.05, 3.63) is 89.5 Å². The Bertz CT molecular complexity index is 1040. The number of aryl methyl sites for hydroxylation is 1. The maximum absolute atomic E-state index is 12.8. The van der Waals surface area contributed by atoms with Gasteiger partial charge in [-0.3, -0.25) is 4.79 Å². The summed E-state index contributed by atoms with van der Waals surface area (Å²) in [5, 5.41) is 2.12. The minimum absolute atomic E-state index is 0.00991. The summed E-state index contributed by atoms with van der Waals surface area (Å²) in [6.45, 7) is 2.08. The first kappa shape index (κ1) is 13.6. The van der Waals surface area contributed by atoms with E-state index in [-0.39, 0.29) is 5.78 Å². The Morgan fingerprint density at radius 1 is 0.870 bits per heavy atom. The van der Waals surface area contributed by atoms with Crippen LogP contribution in [0.1, 0.15) is 21.5 Å². The zero-order chi connectivity index (χ0) is 15.8. The molecule has 0 amide bonds. The van der Waals surface area contributed by atoms with E-state index in [1.165, 1.54) is 5.56 Å². The highest BCUT2D eigenvalue weighted by Gasteiger charge is 2.14. The number of nitrogens with zero attached hydrogens (tertiary/aromatic N) is 1. The molecule has 0 spiro atoms. The van der Waals surface area contributed by atoms with Crippen LogP contribution in [0.3, 0.4) is 0 Å². The van der Waals surface area contributed by atoms with Crippen molar-refractivity contribution in [3.8, 4) is 0 Å². The molecule has 23 heavy (non-hydrogen) atoms. The molecule has 2 nitrogen and oxygen atoms in total. The lowest BCUT2D eigenvalue weighted by atomic mass is 9.99. The standard InChI is InChI=1S/C21H15NO/c1-14-7-5-12-19-18(14)13-16-10-6-11-17(20(16)22-19)21(23)15-8-3-2-4-9-15/h2-13H,1H3. The number of rotatable bonds is 2. The average Bonchev–Trinajstić information content (AvgIpc) is 2.60. The van der Waals surface area contributed by atoms with Gasteiger partial charge in [0, 0.05) is 21.9 Å². The third-order valence-corrected chi connectivity index (χ3v) is 4.18. The predicted octanol–water partition coefficient (Wildman–Crippen LogP) is 4.93. The quantitative estimate of drug-likeness (QED) is 0.388. The van der Waals surface area contributed by atoms with Gasteiger partial charge in [0.25, 0.3) is 0 Å². The minimum atomic E-state index is 0.00991. The van der Waals surface area contributed by atoms with Crippen LogP contribution in [0.5, 0.6) is 0 Å². The third-order valence-electron chi connectivity index (χ3n) is 4.18. The SMILES string of the molecule is Cc1cccc2nc3c(C(=O)c4ccccc4)cccc3cc12. The fourth-order valence-corrected chi connectivity index (χ4v) is 2.96. The number of aromatic nitrogens is 1. The Morgan fingerprint density at radius 3 is 2.48 bits per heavy atom. The molecule has 0 saturated heterocycles. The number of fused-ring (bicyclic) bond motifs is 2. The number of hydrogen-bond acceptors (Lipinski definition) is 2. The Balaban J connectivity index is 1.99. The summed E-state index contributed by atoms with van der Waals surface area (Å²) in [6.07, 6.45) is 0. The molecule has 0 unspecified atom stereocenters. The number of pyridine rings is 1. The lowest BCUT2D eigenvalue weighted by Crippen LogP contribution is -2.03. The summed E-state index contributed by atoms with van der Waals surface area (Å²) in [5.41, 5.74) is 4.21. The summed E-state index contributed by atoms with van der Waals surface area (Å²) in [6, 6.07) is 23.3. The average molecular weight is 297 g/mol. The molecule has 0 bridgehead atoms. The number of para-hydroxylation sites is 1. The van der Waals surface area contributed by atoms with Crippen LogP contribution in [0, 0.1) is 6.92 Å². The van der Waals surface area contributed by atoms with E-state index in [2.05, 4.69) is 19.1 Å². The molecule has 0 saturated carbocycles. The van der Waals surface area contributed by atoms with Crippen LogP contribution in [-0.4, -0.2) is 10.8 Å². The van der Waals surface area contributed by atoms with E-state index >= 15 is 0 Å². The molecule has 3 aromatic carbocycles. The molecule has 0 N–H and O–H groups in total. The van der Waals surface area contributed by atoms with E-state index in [1.54, 1.807) is 0 Å². The summed E-state index contributed by atoms with van der Waals surface area (Å²) in [5.74, 6) is 0.00991. The Morgan fingerprint density at radius 2 is 1.65 bits per heavy atom. The maximum Gasteiger partial charge on any atom is 0.195 e. The number of hydrogen-bond donors (Lipinski definition) is 0. The Hall–Kier alpha value is -3.00. The van der Waals surface area contributed by atoms with Gasteiger partial charge < -0.3 is 0 Å². The van der Waals surface area contributed by atoms with Crippen molar-refractivity contribution >= 4 is 27.6 Å². The summed E-state index contributed by atoms with van der Waals surface area (Å²) in [7, 11) is 0. The predicted molar refractivity (Wildman–Crippen MR) is 93.9 cm³/mol. The van der Waals surface area contributed by atoms with Crippen LogP contribution >= 0.6 is 0 Å². The minimum Gasteiger partial charge on any atom is -0.289 e. The molecular weight excluding hydrogens is 282 g/mol. The second-order valence-electron chi connectivity index (χ2n) is 5.70. The molecule has 1 aromatic heterocycles. The molecule has 1 heterocycles. The Kier molecular flexibility index (Phi) is 3.16. The molecule has 0 radical (unpaired) electrons. The maximum atomic E-state index is 12.8. The zero-order valence-corrected chi connectivity index (χ0v) is 12.8. The lowest BCUT2D eigenvalue weighted by Gasteiger charge is -2.08. The van der Waals surface area contributed by atoms with Crippen LogP contribution in [0.4, 0.5) is 0 Å². The first-order chi connectivity index (χ1) is 11.2. The van der Waals surface area contributed by atoms with Crippen LogP contribution in [0.2, 0.25) is 0 Å². The zero-order valence-electron chi connectivity index (χ0n) is 12.8. The topological polar surface area (TPSA) is 30.0 Å². The number of ketones is 1. The first-order valence-electron chi connectivity index (χ1n) is 7.63. The van der Waals surface area contributed by atoms with Gasteiger partial charge in [0.15, 0.2) is 5.78 Å². The fourth-order valence-electron chi connectivity index (χ4n) is 2.96. The molecule has 4 rings (SSSR count). The smallest absolute Gasteiger partial charge is 0.195 e. The number of carbonyl (C=O) groups excluding carboxylic acids is 1. The van der Waals surface area contributed by atoms with Crippen molar-refractivity contribution in [2.75, 3.05) is 0 Å². The highest BCUT2D eigenvalue weighted by atomic mass is 16.1. The van der Waals surface area contributed by atoms with Gasteiger partial charge in [-0.15, -0.1) is 0 Å². The molecule has 110 valence electrons. The largest absolute Gasteiger partial charge is 0.289 e. The summed E-state index contributed by atoms with van der Waals surface area (Å²) in [4.78, 5) is 17.6. The second-order valence-corrected chi connectivity index (χ2v) is 5.70. The van der Waals surface area contributed by atoms with Gasteiger partial charge in [-0.1, -0.05) is 54.6 Å². The first-order valence-corrected chi connectivity index (χ1v) is 7.63. The molecular formula is C21H15NO. The molecule has 0 aliphatic heterocycles. The van der Waals surface area contributed by atoms with E-state index in [0.717, 1.165) is 21.8 Å².